The fourth-order valence-corrected chi connectivity index (χ4v) is 4.77. The average molecular weight is 571 g/mol. The van der Waals surface area contributed by atoms with Crippen molar-refractivity contribution in [2.24, 2.45) is 5.92 Å². The zero-order chi connectivity index (χ0) is 28.9. The lowest BCUT2D eigenvalue weighted by Gasteiger charge is -2.29. The van der Waals surface area contributed by atoms with Crippen molar-refractivity contribution in [3.8, 4) is 22.6 Å². The van der Waals surface area contributed by atoms with E-state index in [0.717, 1.165) is 43.4 Å². The summed E-state index contributed by atoms with van der Waals surface area (Å²) in [6, 6.07) is 9.04. The molecule has 0 amide bonds. The molecule has 3 aromatic carbocycles. The molecule has 3 aromatic rings. The van der Waals surface area contributed by atoms with Gasteiger partial charge in [-0.1, -0.05) is 37.6 Å². The molecule has 1 aliphatic rings. The van der Waals surface area contributed by atoms with Crippen LogP contribution in [0.25, 0.3) is 11.1 Å². The van der Waals surface area contributed by atoms with Gasteiger partial charge in [0.15, 0.2) is 17.4 Å². The van der Waals surface area contributed by atoms with Crippen LogP contribution in [0.3, 0.4) is 0 Å². The summed E-state index contributed by atoms with van der Waals surface area (Å²) in [6.07, 6.45) is -0.714. The Morgan fingerprint density at radius 2 is 1.52 bits per heavy atom. The molecule has 1 saturated heterocycles. The highest BCUT2D eigenvalue weighted by molar-refractivity contribution is 5.64. The maximum Gasteiger partial charge on any atom is 0.432 e. The van der Waals surface area contributed by atoms with Crippen LogP contribution in [0.2, 0.25) is 0 Å². The molecule has 0 spiro atoms. The number of halogens is 7. The highest BCUT2D eigenvalue weighted by atomic mass is 19.3. The lowest BCUT2D eigenvalue weighted by atomic mass is 9.91. The summed E-state index contributed by atoms with van der Waals surface area (Å²) in [5, 5.41) is 0. The molecule has 1 fully saturated rings. The zero-order valence-corrected chi connectivity index (χ0v) is 21.8. The number of alkyl halides is 3. The van der Waals surface area contributed by atoms with Gasteiger partial charge >= 0.3 is 6.11 Å². The van der Waals surface area contributed by atoms with Gasteiger partial charge in [-0.15, -0.1) is 0 Å². The first-order valence-electron chi connectivity index (χ1n) is 13.1. The Hall–Kier alpha value is -3.27. The van der Waals surface area contributed by atoms with Gasteiger partial charge < -0.3 is 14.2 Å². The molecule has 0 aromatic heterocycles. The molecule has 0 saturated carbocycles. The van der Waals surface area contributed by atoms with Gasteiger partial charge in [0.2, 0.25) is 0 Å². The summed E-state index contributed by atoms with van der Waals surface area (Å²) >= 11 is 0. The van der Waals surface area contributed by atoms with Crippen LogP contribution in [0.1, 0.15) is 56.3 Å². The molecule has 40 heavy (non-hydrogen) atoms. The minimum absolute atomic E-state index is 0.0144. The summed E-state index contributed by atoms with van der Waals surface area (Å²) in [4.78, 5) is 0. The summed E-state index contributed by atoms with van der Waals surface area (Å²) in [7, 11) is 0. The Morgan fingerprint density at radius 3 is 2.08 bits per heavy atom. The lowest BCUT2D eigenvalue weighted by Crippen LogP contribution is -2.25. The van der Waals surface area contributed by atoms with Crippen molar-refractivity contribution in [2.75, 3.05) is 19.9 Å². The Kier molecular flexibility index (Phi) is 9.60. The maximum atomic E-state index is 14.8. The molecule has 0 N–H and O–H groups in total. The van der Waals surface area contributed by atoms with Crippen molar-refractivity contribution < 1.29 is 44.9 Å². The maximum absolute atomic E-state index is 14.8. The molecule has 3 nitrogen and oxygen atoms in total. The summed E-state index contributed by atoms with van der Waals surface area (Å²) in [5.74, 6) is -7.40. The fourth-order valence-electron chi connectivity index (χ4n) is 4.77. The Labute approximate surface area is 227 Å². The van der Waals surface area contributed by atoms with Crippen LogP contribution in [0.15, 0.2) is 48.5 Å². The van der Waals surface area contributed by atoms with E-state index in [2.05, 4.69) is 11.7 Å². The average Bonchev–Trinajstić information content (AvgIpc) is 2.90. The largest absolute Gasteiger partial charge is 0.488 e. The van der Waals surface area contributed by atoms with Gasteiger partial charge in [-0.2, -0.15) is 8.78 Å². The Bertz CT molecular complexity index is 1240. The van der Waals surface area contributed by atoms with Crippen LogP contribution in [0.5, 0.6) is 11.5 Å². The lowest BCUT2D eigenvalue weighted by molar-refractivity contribution is -0.189. The monoisotopic (exact) mass is 570 g/mol. The molecule has 4 rings (SSSR count). The van der Waals surface area contributed by atoms with E-state index in [0.29, 0.717) is 30.2 Å². The Balaban J connectivity index is 1.49. The van der Waals surface area contributed by atoms with Gasteiger partial charge in [0, 0.05) is 18.6 Å². The van der Waals surface area contributed by atoms with E-state index in [1.165, 1.54) is 0 Å². The molecule has 0 radical (unpaired) electrons. The summed E-state index contributed by atoms with van der Waals surface area (Å²) < 4.78 is 115. The van der Waals surface area contributed by atoms with E-state index in [-0.39, 0.29) is 24.7 Å². The highest BCUT2D eigenvalue weighted by Gasteiger charge is 2.41. The van der Waals surface area contributed by atoms with Gasteiger partial charge in [0.05, 0.1) is 26.0 Å². The third-order valence-electron chi connectivity index (χ3n) is 6.76. The fraction of sp³-hybridized carbons (Fsp3) is 0.400. The van der Waals surface area contributed by atoms with Crippen molar-refractivity contribution >= 4 is 0 Å². The van der Waals surface area contributed by atoms with E-state index in [1.54, 1.807) is 24.3 Å². The predicted octanol–water partition coefficient (Wildman–Crippen LogP) is 9.04. The van der Waals surface area contributed by atoms with E-state index < -0.39 is 53.1 Å². The first-order chi connectivity index (χ1) is 19.1. The van der Waals surface area contributed by atoms with Gasteiger partial charge in [0.25, 0.3) is 0 Å². The molecular weight excluding hydrogens is 541 g/mol. The van der Waals surface area contributed by atoms with E-state index >= 15 is 0 Å². The predicted molar refractivity (Wildman–Crippen MR) is 135 cm³/mol. The quantitative estimate of drug-likeness (QED) is 0.170. The number of benzene rings is 3. The number of rotatable bonds is 11. The van der Waals surface area contributed by atoms with Crippen molar-refractivity contribution in [1.82, 2.24) is 0 Å². The molecule has 216 valence electrons. The van der Waals surface area contributed by atoms with Crippen LogP contribution in [0, 0.1) is 29.2 Å². The topological polar surface area (TPSA) is 27.7 Å². The molecule has 10 heteroatoms. The number of hydrogen-bond donors (Lipinski definition) is 0. The van der Waals surface area contributed by atoms with Crippen LogP contribution < -0.4 is 9.47 Å². The van der Waals surface area contributed by atoms with Crippen LogP contribution in [0.4, 0.5) is 30.7 Å². The van der Waals surface area contributed by atoms with E-state index in [9.17, 15) is 30.7 Å². The second kappa shape index (κ2) is 12.9. The number of hydrogen-bond acceptors (Lipinski definition) is 3. The van der Waals surface area contributed by atoms with Crippen molar-refractivity contribution in [3.63, 3.8) is 0 Å². The minimum atomic E-state index is -4.61. The molecule has 2 unspecified atom stereocenters. The summed E-state index contributed by atoms with van der Waals surface area (Å²) in [6.45, 7) is 1.67. The van der Waals surface area contributed by atoms with Gasteiger partial charge in [0.1, 0.15) is 22.9 Å². The molecule has 0 bridgehead atoms. The van der Waals surface area contributed by atoms with Gasteiger partial charge in [-0.3, -0.25) is 4.39 Å². The third-order valence-corrected chi connectivity index (χ3v) is 6.76. The van der Waals surface area contributed by atoms with E-state index in [4.69, 9.17) is 9.47 Å². The van der Waals surface area contributed by atoms with Crippen molar-refractivity contribution in [1.29, 1.82) is 0 Å². The van der Waals surface area contributed by atoms with Crippen molar-refractivity contribution in [3.05, 3.63) is 82.9 Å². The molecular formula is C30H29F7O3. The second-order valence-corrected chi connectivity index (χ2v) is 9.72. The van der Waals surface area contributed by atoms with E-state index in [1.807, 2.05) is 0 Å². The number of ether oxygens (including phenoxy) is 3. The second-order valence-electron chi connectivity index (χ2n) is 9.72. The van der Waals surface area contributed by atoms with Crippen LogP contribution in [-0.4, -0.2) is 19.9 Å². The van der Waals surface area contributed by atoms with Gasteiger partial charge in [-0.05, 0) is 54.0 Å². The molecule has 0 aliphatic carbocycles. The molecule has 1 aliphatic heterocycles. The first-order valence-corrected chi connectivity index (χ1v) is 13.1. The molecule has 1 heterocycles. The Morgan fingerprint density at radius 1 is 0.875 bits per heavy atom. The van der Waals surface area contributed by atoms with Crippen LogP contribution in [-0.2, 0) is 10.8 Å². The van der Waals surface area contributed by atoms with Crippen molar-refractivity contribution in [2.45, 2.75) is 51.2 Å². The smallest absolute Gasteiger partial charge is 0.432 e. The van der Waals surface area contributed by atoms with Crippen LogP contribution >= 0.6 is 0 Å². The standard InChI is InChI=1S/C30H29F7O3/c1-2-4-18-5-10-27(39-17-18)20-8-6-19(7-9-20)21-13-23(32)28(24(33)14-21)30(36,37)40-22-15-25(34)29(26(35)16-22)38-12-3-11-31/h6-9,13-16,18,27H,2-5,10-12,17H2,1H3. The zero-order valence-electron chi connectivity index (χ0n) is 21.8. The normalized spacial score (nSPS) is 17.6. The third kappa shape index (κ3) is 6.89. The molecule has 2 atom stereocenters. The summed E-state index contributed by atoms with van der Waals surface area (Å²) in [5.41, 5.74) is -0.395. The minimum Gasteiger partial charge on any atom is -0.488 e. The SMILES string of the molecule is CCCC1CCC(c2ccc(-c3cc(F)c(C(F)(F)Oc4cc(F)c(OCCCF)c(F)c4)c(F)c3)cc2)OC1. The van der Waals surface area contributed by atoms with Gasteiger partial charge in [-0.25, -0.2) is 17.6 Å². The first kappa shape index (κ1) is 29.7. The highest BCUT2D eigenvalue weighted by Crippen LogP contribution is 2.39.